The summed E-state index contributed by atoms with van der Waals surface area (Å²) in [4.78, 5) is 24.5. The molecule has 0 aliphatic heterocycles. The Morgan fingerprint density at radius 3 is 2.50 bits per heavy atom. The number of esters is 1. The van der Waals surface area contributed by atoms with Gasteiger partial charge in [0.15, 0.2) is 5.43 Å². The Morgan fingerprint density at radius 1 is 1.08 bits per heavy atom. The van der Waals surface area contributed by atoms with Gasteiger partial charge in [0.2, 0.25) is 0 Å². The van der Waals surface area contributed by atoms with Crippen molar-refractivity contribution in [1.82, 2.24) is 0 Å². The summed E-state index contributed by atoms with van der Waals surface area (Å²) in [5.74, 6) is 0.0991. The van der Waals surface area contributed by atoms with Crippen molar-refractivity contribution >= 4 is 37.5 Å². The minimum atomic E-state index is -0.573. The number of hydrogen-bond donors (Lipinski definition) is 0. The molecule has 4 nitrogen and oxygen atoms in total. The van der Waals surface area contributed by atoms with Gasteiger partial charge in [0, 0.05) is 20.2 Å². The summed E-state index contributed by atoms with van der Waals surface area (Å²) in [5, 5.41) is 1.38. The van der Waals surface area contributed by atoms with Crippen molar-refractivity contribution < 1.29 is 14.3 Å². The van der Waals surface area contributed by atoms with Gasteiger partial charge in [-0.1, -0.05) is 18.7 Å². The average molecular weight is 368 g/mol. The lowest BCUT2D eigenvalue weighted by Gasteiger charge is -2.20. The maximum Gasteiger partial charge on any atom is 0.337 e. The minimum absolute atomic E-state index is 0.0130. The highest BCUT2D eigenvalue weighted by Gasteiger charge is 2.19. The van der Waals surface area contributed by atoms with Gasteiger partial charge in [-0.25, -0.2) is 4.79 Å². The van der Waals surface area contributed by atoms with Gasteiger partial charge in [0.05, 0.1) is 5.57 Å². The van der Waals surface area contributed by atoms with Gasteiger partial charge >= 0.3 is 5.97 Å². The third kappa shape index (κ3) is 3.94. The SMILES string of the molecule is C=C(COc1ccc2c(=O)c3ccccc3sc2c1)C(=O)OC(C)(C)C. The van der Waals surface area contributed by atoms with E-state index in [1.807, 2.05) is 30.3 Å². The van der Waals surface area contributed by atoms with E-state index in [0.29, 0.717) is 11.1 Å². The molecule has 134 valence electrons. The van der Waals surface area contributed by atoms with E-state index in [9.17, 15) is 9.59 Å². The van der Waals surface area contributed by atoms with Crippen LogP contribution in [-0.4, -0.2) is 18.2 Å². The van der Waals surface area contributed by atoms with Crippen LogP contribution in [0.3, 0.4) is 0 Å². The maximum absolute atomic E-state index is 12.6. The number of hydrogen-bond acceptors (Lipinski definition) is 5. The van der Waals surface area contributed by atoms with Gasteiger partial charge in [-0.15, -0.1) is 11.3 Å². The van der Waals surface area contributed by atoms with Gasteiger partial charge in [-0.05, 0) is 51.1 Å². The van der Waals surface area contributed by atoms with E-state index in [1.54, 1.807) is 32.9 Å². The molecular formula is C21H20O4S. The number of carbonyl (C=O) groups excluding carboxylic acids is 1. The molecule has 0 fully saturated rings. The predicted octanol–water partition coefficient (Wildman–Crippen LogP) is 4.69. The summed E-state index contributed by atoms with van der Waals surface area (Å²) in [7, 11) is 0. The van der Waals surface area contributed by atoms with Crippen molar-refractivity contribution in [3.8, 4) is 5.75 Å². The summed E-state index contributed by atoms with van der Waals surface area (Å²) in [6.07, 6.45) is 0. The van der Waals surface area contributed by atoms with Crippen LogP contribution >= 0.6 is 11.3 Å². The van der Waals surface area contributed by atoms with Crippen molar-refractivity contribution in [2.24, 2.45) is 0 Å². The molecule has 3 aromatic rings. The first kappa shape index (κ1) is 18.1. The lowest BCUT2D eigenvalue weighted by molar-refractivity contribution is -0.150. The summed E-state index contributed by atoms with van der Waals surface area (Å²) in [5.41, 5.74) is -0.318. The molecule has 0 saturated carbocycles. The Kier molecular flexibility index (Phi) is 4.83. The van der Waals surface area contributed by atoms with Crippen LogP contribution in [0.5, 0.6) is 5.75 Å². The Hall–Kier alpha value is -2.66. The molecule has 1 aromatic heterocycles. The molecule has 0 bridgehead atoms. The predicted molar refractivity (Wildman–Crippen MR) is 106 cm³/mol. The van der Waals surface area contributed by atoms with E-state index >= 15 is 0 Å². The van der Waals surface area contributed by atoms with Crippen molar-refractivity contribution in [1.29, 1.82) is 0 Å². The van der Waals surface area contributed by atoms with Crippen LogP contribution in [0.15, 0.2) is 59.4 Å². The molecule has 0 atom stereocenters. The molecule has 1 heterocycles. The van der Waals surface area contributed by atoms with E-state index in [2.05, 4.69) is 6.58 Å². The quantitative estimate of drug-likeness (QED) is 0.381. The second-order valence-electron chi connectivity index (χ2n) is 6.98. The molecule has 0 unspecified atom stereocenters. The zero-order chi connectivity index (χ0) is 18.9. The Balaban J connectivity index is 1.81. The number of fused-ring (bicyclic) bond motifs is 2. The van der Waals surface area contributed by atoms with Gasteiger partial charge in [0.25, 0.3) is 0 Å². The van der Waals surface area contributed by atoms with Crippen molar-refractivity contribution in [3.63, 3.8) is 0 Å². The van der Waals surface area contributed by atoms with E-state index < -0.39 is 11.6 Å². The molecule has 5 heteroatoms. The van der Waals surface area contributed by atoms with Crippen LogP contribution in [0.1, 0.15) is 20.8 Å². The maximum atomic E-state index is 12.6. The molecule has 2 aromatic carbocycles. The Bertz CT molecular complexity index is 1060. The average Bonchev–Trinajstić information content (AvgIpc) is 2.58. The van der Waals surface area contributed by atoms with Crippen molar-refractivity contribution in [2.45, 2.75) is 26.4 Å². The van der Waals surface area contributed by atoms with Crippen LogP contribution in [0.4, 0.5) is 0 Å². The molecule has 0 amide bonds. The van der Waals surface area contributed by atoms with Crippen LogP contribution in [-0.2, 0) is 9.53 Å². The van der Waals surface area contributed by atoms with Gasteiger partial charge < -0.3 is 9.47 Å². The number of rotatable bonds is 4. The molecule has 0 spiro atoms. The molecule has 0 aliphatic rings. The highest BCUT2D eigenvalue weighted by molar-refractivity contribution is 7.24. The zero-order valence-electron chi connectivity index (χ0n) is 15.0. The molecule has 0 aliphatic carbocycles. The standard InChI is InChI=1S/C21H20O4S/c1-13(20(23)25-21(2,3)4)12-24-14-9-10-16-18(11-14)26-17-8-6-5-7-15(17)19(16)22/h5-11H,1,12H2,2-4H3. The van der Waals surface area contributed by atoms with E-state index in [-0.39, 0.29) is 17.6 Å². The third-order valence-electron chi connectivity index (χ3n) is 3.65. The van der Waals surface area contributed by atoms with Crippen molar-refractivity contribution in [3.05, 3.63) is 64.8 Å². The molecule has 3 rings (SSSR count). The highest BCUT2D eigenvalue weighted by Crippen LogP contribution is 2.27. The largest absolute Gasteiger partial charge is 0.489 e. The summed E-state index contributed by atoms with van der Waals surface area (Å²) < 4.78 is 12.7. The van der Waals surface area contributed by atoms with Gasteiger partial charge in [-0.3, -0.25) is 4.79 Å². The second kappa shape index (κ2) is 6.92. The second-order valence-corrected chi connectivity index (χ2v) is 8.06. The van der Waals surface area contributed by atoms with Crippen LogP contribution in [0, 0.1) is 0 Å². The normalized spacial score (nSPS) is 11.5. The van der Waals surface area contributed by atoms with Crippen LogP contribution in [0.2, 0.25) is 0 Å². The fourth-order valence-corrected chi connectivity index (χ4v) is 3.55. The van der Waals surface area contributed by atoms with Crippen molar-refractivity contribution in [2.75, 3.05) is 6.61 Å². The lowest BCUT2D eigenvalue weighted by Crippen LogP contribution is -2.26. The van der Waals surface area contributed by atoms with E-state index in [1.165, 1.54) is 11.3 Å². The Labute approximate surface area is 155 Å². The number of ether oxygens (including phenoxy) is 2. The fourth-order valence-electron chi connectivity index (χ4n) is 2.45. The summed E-state index contributed by atoms with van der Waals surface area (Å²) >= 11 is 1.53. The van der Waals surface area contributed by atoms with Gasteiger partial charge in [-0.2, -0.15) is 0 Å². The van der Waals surface area contributed by atoms with E-state index in [0.717, 1.165) is 14.8 Å². The topological polar surface area (TPSA) is 52.6 Å². The fraction of sp³-hybridized carbons (Fsp3) is 0.238. The molecule has 0 radical (unpaired) electrons. The highest BCUT2D eigenvalue weighted by atomic mass is 32.1. The zero-order valence-corrected chi connectivity index (χ0v) is 15.8. The monoisotopic (exact) mass is 368 g/mol. The third-order valence-corrected chi connectivity index (χ3v) is 4.78. The molecule has 0 saturated heterocycles. The first-order chi connectivity index (χ1) is 12.2. The Morgan fingerprint density at radius 2 is 1.77 bits per heavy atom. The first-order valence-electron chi connectivity index (χ1n) is 8.24. The molecule has 26 heavy (non-hydrogen) atoms. The summed E-state index contributed by atoms with van der Waals surface area (Å²) in [6.45, 7) is 9.16. The lowest BCUT2D eigenvalue weighted by atomic mass is 10.2. The number of benzene rings is 2. The molecular weight excluding hydrogens is 348 g/mol. The summed E-state index contributed by atoms with van der Waals surface area (Å²) in [6, 6.07) is 12.8. The van der Waals surface area contributed by atoms with Crippen LogP contribution in [0.25, 0.3) is 20.2 Å². The van der Waals surface area contributed by atoms with Crippen LogP contribution < -0.4 is 10.2 Å². The first-order valence-corrected chi connectivity index (χ1v) is 9.06. The molecule has 0 N–H and O–H groups in total. The van der Waals surface area contributed by atoms with E-state index in [4.69, 9.17) is 9.47 Å². The smallest absolute Gasteiger partial charge is 0.337 e. The van der Waals surface area contributed by atoms with Gasteiger partial charge in [0.1, 0.15) is 18.0 Å². The minimum Gasteiger partial charge on any atom is -0.489 e. The number of carbonyl (C=O) groups is 1.